The summed E-state index contributed by atoms with van der Waals surface area (Å²) in [4.78, 5) is 33.4. The van der Waals surface area contributed by atoms with Gasteiger partial charge in [0.15, 0.2) is 0 Å². The lowest BCUT2D eigenvalue weighted by Gasteiger charge is -2.36. The van der Waals surface area contributed by atoms with Crippen LogP contribution in [0.5, 0.6) is 5.75 Å². The van der Waals surface area contributed by atoms with Gasteiger partial charge in [0, 0.05) is 60.7 Å². The first-order chi connectivity index (χ1) is 22.7. The van der Waals surface area contributed by atoms with Gasteiger partial charge in [0.05, 0.1) is 19.0 Å². The third-order valence-electron chi connectivity index (χ3n) is 9.77. The molecule has 2 fully saturated rings. The van der Waals surface area contributed by atoms with Gasteiger partial charge in [0.25, 0.3) is 0 Å². The molecule has 2 aliphatic rings. The molecule has 0 radical (unpaired) electrons. The molecular weight excluding hydrogens is 594 g/mol. The molecule has 2 aromatic heterocycles. The number of amides is 2. The Hall–Kier alpha value is -3.92. The topological polar surface area (TPSA) is 119 Å². The Morgan fingerprint density at radius 2 is 1.81 bits per heavy atom. The summed E-state index contributed by atoms with van der Waals surface area (Å²) >= 11 is 0. The molecule has 254 valence electrons. The molecule has 2 saturated carbocycles. The molecule has 0 spiro atoms. The molecule has 0 bridgehead atoms. The van der Waals surface area contributed by atoms with Crippen LogP contribution in [0.15, 0.2) is 48.8 Å². The molecule has 2 N–H and O–H groups in total. The molecule has 0 aliphatic heterocycles. The van der Waals surface area contributed by atoms with E-state index in [2.05, 4.69) is 54.7 Å². The van der Waals surface area contributed by atoms with E-state index in [9.17, 15) is 9.59 Å². The fraction of sp³-hybridized carbons (Fsp3) is 0.568. The number of alkyl carbamates (subject to hydrolysis) is 1. The largest absolute Gasteiger partial charge is 0.495 e. The van der Waals surface area contributed by atoms with Crippen molar-refractivity contribution in [1.29, 1.82) is 0 Å². The van der Waals surface area contributed by atoms with E-state index in [-0.39, 0.29) is 30.6 Å². The summed E-state index contributed by atoms with van der Waals surface area (Å²) in [5, 5.41) is 16.2. The second kappa shape index (κ2) is 16.3. The van der Waals surface area contributed by atoms with Gasteiger partial charge in [-0.05, 0) is 114 Å². The van der Waals surface area contributed by atoms with Gasteiger partial charge in [-0.15, -0.1) is 0 Å². The van der Waals surface area contributed by atoms with Crippen LogP contribution in [0, 0.1) is 18.8 Å². The van der Waals surface area contributed by atoms with Crippen LogP contribution < -0.4 is 15.0 Å². The summed E-state index contributed by atoms with van der Waals surface area (Å²) in [5.74, 6) is 1.65. The van der Waals surface area contributed by atoms with Gasteiger partial charge >= 0.3 is 6.09 Å². The molecule has 10 heteroatoms. The summed E-state index contributed by atoms with van der Waals surface area (Å²) in [6.45, 7) is 7.30. The molecule has 3 aromatic rings. The van der Waals surface area contributed by atoms with Crippen molar-refractivity contribution in [3.63, 3.8) is 0 Å². The van der Waals surface area contributed by atoms with Crippen molar-refractivity contribution in [1.82, 2.24) is 20.1 Å². The van der Waals surface area contributed by atoms with Crippen molar-refractivity contribution in [3.8, 4) is 16.9 Å². The summed E-state index contributed by atoms with van der Waals surface area (Å²) in [6, 6.07) is 12.7. The van der Waals surface area contributed by atoms with Crippen molar-refractivity contribution in [2.45, 2.75) is 96.6 Å². The molecule has 0 saturated heterocycles. The molecular formula is C37H51N5O5. The number of hydrogen-bond acceptors (Lipinski definition) is 7. The van der Waals surface area contributed by atoms with Crippen LogP contribution in [0.3, 0.4) is 0 Å². The number of nitrogens with one attached hydrogen (secondary N) is 1. The zero-order valence-corrected chi connectivity index (χ0v) is 28.4. The second-order valence-electron chi connectivity index (χ2n) is 13.4. The minimum atomic E-state index is -0.455. The summed E-state index contributed by atoms with van der Waals surface area (Å²) in [5.41, 5.74) is 5.04. The zero-order chi connectivity index (χ0) is 33.3. The third kappa shape index (κ3) is 8.91. The van der Waals surface area contributed by atoms with E-state index < -0.39 is 6.09 Å². The molecule has 2 amide bonds. The third-order valence-corrected chi connectivity index (χ3v) is 9.77. The van der Waals surface area contributed by atoms with Crippen LogP contribution in [0.2, 0.25) is 0 Å². The number of carbonyl (C=O) groups is 2. The van der Waals surface area contributed by atoms with Crippen molar-refractivity contribution in [3.05, 3.63) is 60.2 Å². The van der Waals surface area contributed by atoms with Crippen molar-refractivity contribution >= 4 is 17.7 Å². The maximum absolute atomic E-state index is 14.3. The summed E-state index contributed by atoms with van der Waals surface area (Å²) in [7, 11) is 1.68. The minimum absolute atomic E-state index is 0.0233. The van der Waals surface area contributed by atoms with Crippen LogP contribution in [0.25, 0.3) is 11.1 Å². The first kappa shape index (κ1) is 34.4. The molecule has 0 atom stereocenters. The smallest absolute Gasteiger partial charge is 0.407 e. The van der Waals surface area contributed by atoms with Crippen molar-refractivity contribution < 1.29 is 24.2 Å². The van der Waals surface area contributed by atoms with Gasteiger partial charge in [-0.3, -0.25) is 14.5 Å². The number of anilines is 1. The van der Waals surface area contributed by atoms with E-state index in [1.165, 1.54) is 0 Å². The lowest BCUT2D eigenvalue weighted by atomic mass is 9.79. The summed E-state index contributed by atoms with van der Waals surface area (Å²) < 4.78 is 13.0. The number of aryl methyl sites for hydroxylation is 1. The van der Waals surface area contributed by atoms with Gasteiger partial charge < -0.3 is 24.8 Å². The van der Waals surface area contributed by atoms with Crippen LogP contribution in [0.1, 0.15) is 95.0 Å². The Kier molecular flexibility index (Phi) is 11.9. The van der Waals surface area contributed by atoms with Crippen LogP contribution in [-0.2, 0) is 9.53 Å². The number of ether oxygens (including phenoxy) is 2. The van der Waals surface area contributed by atoms with Gasteiger partial charge in [-0.25, -0.2) is 4.79 Å². The molecule has 5 rings (SSSR count). The zero-order valence-electron chi connectivity index (χ0n) is 28.4. The number of benzene rings is 1. The Morgan fingerprint density at radius 3 is 2.47 bits per heavy atom. The fourth-order valence-electron chi connectivity index (χ4n) is 6.97. The highest BCUT2D eigenvalue weighted by Crippen LogP contribution is 2.38. The van der Waals surface area contributed by atoms with Crippen LogP contribution >= 0.6 is 0 Å². The molecule has 47 heavy (non-hydrogen) atoms. The van der Waals surface area contributed by atoms with Gasteiger partial charge in [-0.2, -0.15) is 5.10 Å². The predicted molar refractivity (Wildman–Crippen MR) is 183 cm³/mol. The van der Waals surface area contributed by atoms with Crippen molar-refractivity contribution in [2.24, 2.45) is 11.8 Å². The predicted octanol–water partition coefficient (Wildman–Crippen LogP) is 6.82. The molecule has 1 aromatic carbocycles. The van der Waals surface area contributed by atoms with Gasteiger partial charge in [0.2, 0.25) is 5.91 Å². The van der Waals surface area contributed by atoms with E-state index in [1.54, 1.807) is 7.11 Å². The van der Waals surface area contributed by atoms with E-state index in [1.807, 2.05) is 34.8 Å². The van der Waals surface area contributed by atoms with E-state index in [0.717, 1.165) is 59.6 Å². The normalized spacial score (nSPS) is 21.3. The van der Waals surface area contributed by atoms with E-state index in [0.29, 0.717) is 57.0 Å². The monoisotopic (exact) mass is 645 g/mol. The molecule has 2 heterocycles. The SMILES string of the molecule is COc1ccc(C2CCC(CN(C(=O)C3CCC(OC(=O)NCCCO)CC3)c3cccc(-c4cnn(C(C)C)c4)c3)CC2)nc1C. The standard InChI is InChI=1S/C37H51N5O5/c1-25(2)42-24-31(22-39-42)30-7-5-8-32(21-30)41(36(44)29-13-15-33(16-14-29)47-37(45)38-19-6-20-43)23-27-9-11-28(12-10-27)34-17-18-35(46-4)26(3)40-34/h5,7-8,17-18,21-22,24-25,27-29,33,43H,6,9-16,19-20,23H2,1-4H3,(H,38,45). The average Bonchev–Trinajstić information content (AvgIpc) is 3.59. The average molecular weight is 646 g/mol. The maximum atomic E-state index is 14.3. The lowest BCUT2D eigenvalue weighted by molar-refractivity contribution is -0.124. The fourth-order valence-corrected chi connectivity index (χ4v) is 6.97. The number of aliphatic hydroxyl groups excluding tert-OH is 1. The van der Waals surface area contributed by atoms with Crippen molar-refractivity contribution in [2.75, 3.05) is 31.7 Å². The van der Waals surface area contributed by atoms with Crippen LogP contribution in [0.4, 0.5) is 10.5 Å². The number of hydrogen-bond donors (Lipinski definition) is 2. The quantitative estimate of drug-likeness (QED) is 0.208. The molecule has 2 aliphatic carbocycles. The second-order valence-corrected chi connectivity index (χ2v) is 13.4. The number of aliphatic hydroxyl groups is 1. The Morgan fingerprint density at radius 1 is 1.04 bits per heavy atom. The van der Waals surface area contributed by atoms with E-state index in [4.69, 9.17) is 19.6 Å². The van der Waals surface area contributed by atoms with Gasteiger partial charge in [-0.1, -0.05) is 12.1 Å². The molecule has 0 unspecified atom stereocenters. The highest BCUT2D eigenvalue weighted by atomic mass is 16.6. The Bertz CT molecular complexity index is 1470. The maximum Gasteiger partial charge on any atom is 0.407 e. The molecule has 10 nitrogen and oxygen atoms in total. The first-order valence-corrected chi connectivity index (χ1v) is 17.3. The number of methoxy groups -OCH3 is 1. The first-order valence-electron chi connectivity index (χ1n) is 17.3. The number of rotatable bonds is 12. The number of aromatic nitrogens is 3. The van der Waals surface area contributed by atoms with E-state index >= 15 is 0 Å². The van der Waals surface area contributed by atoms with Gasteiger partial charge in [0.1, 0.15) is 11.9 Å². The van der Waals surface area contributed by atoms with Crippen LogP contribution in [-0.4, -0.2) is 64.8 Å². The summed E-state index contributed by atoms with van der Waals surface area (Å²) in [6.07, 6.45) is 10.6. The number of carbonyl (C=O) groups excluding carboxylic acids is 2. The lowest BCUT2D eigenvalue weighted by Crippen LogP contribution is -2.42. The number of nitrogens with zero attached hydrogens (tertiary/aromatic N) is 4. The number of pyridine rings is 1. The highest BCUT2D eigenvalue weighted by Gasteiger charge is 2.34. The Labute approximate surface area is 278 Å². The Balaban J connectivity index is 1.28. The highest BCUT2D eigenvalue weighted by molar-refractivity contribution is 5.95. The minimum Gasteiger partial charge on any atom is -0.495 e.